The van der Waals surface area contributed by atoms with Gasteiger partial charge in [0.15, 0.2) is 0 Å². The number of anilines is 1. The molecule has 1 aliphatic rings. The van der Waals surface area contributed by atoms with Gasteiger partial charge in [0.2, 0.25) is 5.91 Å². The first kappa shape index (κ1) is 21.8. The van der Waals surface area contributed by atoms with Crippen LogP contribution in [0.15, 0.2) is 71.3 Å². The zero-order valence-corrected chi connectivity index (χ0v) is 18.9. The molecule has 4 nitrogen and oxygen atoms in total. The Labute approximate surface area is 189 Å². The van der Waals surface area contributed by atoms with Crippen molar-refractivity contribution in [1.82, 2.24) is 4.98 Å². The molecule has 0 aliphatic heterocycles. The summed E-state index contributed by atoms with van der Waals surface area (Å²) in [5.74, 6) is -0.0515. The van der Waals surface area contributed by atoms with Gasteiger partial charge < -0.3 is 5.32 Å². The lowest BCUT2D eigenvalue weighted by Crippen LogP contribution is -2.13. The number of carbonyl (C=O) groups is 1. The molecule has 1 N–H and O–H groups in total. The van der Waals surface area contributed by atoms with Crippen molar-refractivity contribution in [2.45, 2.75) is 25.2 Å². The van der Waals surface area contributed by atoms with Crippen LogP contribution in [0.25, 0.3) is 17.2 Å². The number of carbonyl (C=O) groups excluding carboxylic acids is 1. The van der Waals surface area contributed by atoms with Crippen molar-refractivity contribution >= 4 is 39.7 Å². The number of fused-ring (bicyclic) bond motifs is 1. The maximum atomic E-state index is 14.1. The number of halogens is 1. The largest absolute Gasteiger partial charge is 0.310 e. The molecule has 32 heavy (non-hydrogen) atoms. The zero-order valence-electron chi connectivity index (χ0n) is 18.1. The molecule has 3 aromatic rings. The Bertz CT molecular complexity index is 1290. The van der Waals surface area contributed by atoms with Crippen LogP contribution >= 0.6 is 0 Å². The average Bonchev–Trinajstić information content (AvgIpc) is 2.99. The number of benzene rings is 2. The minimum absolute atomic E-state index is 0.114. The van der Waals surface area contributed by atoms with Gasteiger partial charge >= 0.3 is 0 Å². The summed E-state index contributed by atoms with van der Waals surface area (Å²) in [7, 11) is -1.04. The fourth-order valence-electron chi connectivity index (χ4n) is 3.86. The van der Waals surface area contributed by atoms with Crippen LogP contribution in [0.5, 0.6) is 0 Å². The summed E-state index contributed by atoms with van der Waals surface area (Å²) in [6.07, 6.45) is 5.42. The predicted octanol–water partition coefficient (Wildman–Crippen LogP) is 5.62. The number of aryl methyl sites for hydroxylation is 1. The van der Waals surface area contributed by atoms with Crippen LogP contribution in [0.2, 0.25) is 0 Å². The topological polar surface area (TPSA) is 59.1 Å². The number of hydrogen-bond acceptors (Lipinski definition) is 3. The average molecular weight is 447 g/mol. The Hall–Kier alpha value is -3.38. The van der Waals surface area contributed by atoms with Crippen molar-refractivity contribution in [2.75, 3.05) is 11.6 Å². The van der Waals surface area contributed by atoms with Crippen LogP contribution < -0.4 is 5.32 Å². The van der Waals surface area contributed by atoms with Gasteiger partial charge in [-0.15, -0.1) is 0 Å². The summed E-state index contributed by atoms with van der Waals surface area (Å²) in [6.45, 7) is 3.88. The van der Waals surface area contributed by atoms with Gasteiger partial charge in [-0.05, 0) is 95.3 Å². The van der Waals surface area contributed by atoms with Crippen molar-refractivity contribution < 1.29 is 13.4 Å². The zero-order chi connectivity index (χ0) is 22.8. The molecular formula is C26H23FN2O2S. The SMILES string of the molecule is CC1=C(CC(=O)Nc2cc(C)ccn2)c2cc(F)ccc2/C1=C/c1ccc([S@@](C)=O)cc1. The third-order valence-electron chi connectivity index (χ3n) is 5.50. The molecule has 6 heteroatoms. The van der Waals surface area contributed by atoms with E-state index in [4.69, 9.17) is 0 Å². The van der Waals surface area contributed by atoms with Crippen LogP contribution in [0, 0.1) is 12.7 Å². The van der Waals surface area contributed by atoms with Gasteiger partial charge in [-0.1, -0.05) is 18.2 Å². The van der Waals surface area contributed by atoms with E-state index < -0.39 is 10.8 Å². The normalized spacial score (nSPS) is 15.1. The summed E-state index contributed by atoms with van der Waals surface area (Å²) in [5, 5.41) is 2.83. The van der Waals surface area contributed by atoms with Gasteiger partial charge in [-0.2, -0.15) is 0 Å². The molecule has 1 aromatic heterocycles. The quantitative estimate of drug-likeness (QED) is 0.553. The first-order valence-electron chi connectivity index (χ1n) is 10.2. The summed E-state index contributed by atoms with van der Waals surface area (Å²) in [4.78, 5) is 17.7. The first-order valence-corrected chi connectivity index (χ1v) is 11.8. The third kappa shape index (κ3) is 4.60. The Morgan fingerprint density at radius 2 is 1.81 bits per heavy atom. The van der Waals surface area contributed by atoms with Crippen molar-refractivity contribution in [3.8, 4) is 0 Å². The van der Waals surface area contributed by atoms with Gasteiger partial charge in [0.05, 0.1) is 6.42 Å². The highest BCUT2D eigenvalue weighted by atomic mass is 32.2. The van der Waals surface area contributed by atoms with Crippen LogP contribution in [0.3, 0.4) is 0 Å². The van der Waals surface area contributed by atoms with E-state index in [2.05, 4.69) is 10.3 Å². The molecular weight excluding hydrogens is 423 g/mol. The van der Waals surface area contributed by atoms with Gasteiger partial charge in [0.25, 0.3) is 0 Å². The number of hydrogen-bond donors (Lipinski definition) is 1. The fraction of sp³-hybridized carbons (Fsp3) is 0.154. The second-order valence-electron chi connectivity index (χ2n) is 7.82. The number of rotatable bonds is 5. The van der Waals surface area contributed by atoms with Crippen molar-refractivity contribution in [1.29, 1.82) is 0 Å². The maximum Gasteiger partial charge on any atom is 0.229 e. The number of nitrogens with one attached hydrogen (secondary N) is 1. The number of allylic oxidation sites excluding steroid dienone is 2. The first-order chi connectivity index (χ1) is 15.3. The van der Waals surface area contributed by atoms with E-state index in [9.17, 15) is 13.4 Å². The van der Waals surface area contributed by atoms with E-state index >= 15 is 0 Å². The molecule has 4 rings (SSSR count). The molecule has 2 aromatic carbocycles. The Kier molecular flexibility index (Phi) is 6.15. The Morgan fingerprint density at radius 1 is 1.06 bits per heavy atom. The fourth-order valence-corrected chi connectivity index (χ4v) is 4.38. The van der Waals surface area contributed by atoms with E-state index in [0.29, 0.717) is 5.82 Å². The van der Waals surface area contributed by atoms with E-state index in [0.717, 1.165) is 43.9 Å². The van der Waals surface area contributed by atoms with E-state index in [1.165, 1.54) is 12.1 Å². The highest BCUT2D eigenvalue weighted by Crippen LogP contribution is 2.44. The second-order valence-corrected chi connectivity index (χ2v) is 9.20. The summed E-state index contributed by atoms with van der Waals surface area (Å²) < 4.78 is 25.7. The lowest BCUT2D eigenvalue weighted by molar-refractivity contribution is -0.115. The maximum absolute atomic E-state index is 14.1. The third-order valence-corrected chi connectivity index (χ3v) is 6.43. The monoisotopic (exact) mass is 446 g/mol. The number of pyridine rings is 1. The van der Waals surface area contributed by atoms with Gasteiger partial charge in [0.1, 0.15) is 11.6 Å². The van der Waals surface area contributed by atoms with Crippen molar-refractivity contribution in [2.24, 2.45) is 0 Å². The molecule has 0 fully saturated rings. The molecule has 1 atom stereocenters. The number of amides is 1. The predicted molar refractivity (Wildman–Crippen MR) is 128 cm³/mol. The molecule has 1 aliphatic carbocycles. The lowest BCUT2D eigenvalue weighted by Gasteiger charge is -2.08. The highest BCUT2D eigenvalue weighted by Gasteiger charge is 2.26. The molecule has 0 saturated heterocycles. The smallest absolute Gasteiger partial charge is 0.229 e. The molecule has 0 bridgehead atoms. The Morgan fingerprint density at radius 3 is 2.50 bits per heavy atom. The molecule has 162 valence electrons. The van der Waals surface area contributed by atoms with E-state index in [1.807, 2.05) is 50.3 Å². The lowest BCUT2D eigenvalue weighted by atomic mass is 10.0. The van der Waals surface area contributed by atoms with E-state index in [-0.39, 0.29) is 18.1 Å². The van der Waals surface area contributed by atoms with Gasteiger partial charge in [-0.3, -0.25) is 9.00 Å². The molecule has 1 heterocycles. The van der Waals surface area contributed by atoms with E-state index in [1.54, 1.807) is 24.6 Å². The molecule has 0 saturated carbocycles. The number of nitrogens with zero attached hydrogens (tertiary/aromatic N) is 1. The molecule has 0 radical (unpaired) electrons. The summed E-state index contributed by atoms with van der Waals surface area (Å²) >= 11 is 0. The molecule has 0 spiro atoms. The number of aromatic nitrogens is 1. The molecule has 1 amide bonds. The standard InChI is InChI=1S/C26H23FN2O2S/c1-16-10-11-28-25(12-16)29-26(30)15-23-17(2)22(21-9-6-19(27)14-24(21)23)13-18-4-7-20(8-5-18)32(3)31/h4-14H,15H2,1-3H3,(H,28,29,30)/b22-13+/t32-/m1/s1. The van der Waals surface area contributed by atoms with Crippen molar-refractivity contribution in [3.05, 3.63) is 94.4 Å². The van der Waals surface area contributed by atoms with Crippen LogP contribution in [-0.4, -0.2) is 21.4 Å². The minimum atomic E-state index is -1.04. The second kappa shape index (κ2) is 9.01. The van der Waals surface area contributed by atoms with Gasteiger partial charge in [-0.25, -0.2) is 9.37 Å². The van der Waals surface area contributed by atoms with Gasteiger partial charge in [0, 0.05) is 28.1 Å². The highest BCUT2D eigenvalue weighted by molar-refractivity contribution is 7.84. The van der Waals surface area contributed by atoms with Crippen molar-refractivity contribution in [3.63, 3.8) is 0 Å². The minimum Gasteiger partial charge on any atom is -0.310 e. The molecule has 0 unspecified atom stereocenters. The van der Waals surface area contributed by atoms with Crippen LogP contribution in [-0.2, 0) is 15.6 Å². The Balaban J connectivity index is 1.68. The van der Waals surface area contributed by atoms with Crippen LogP contribution in [0.1, 0.15) is 35.6 Å². The summed E-state index contributed by atoms with van der Waals surface area (Å²) in [5.41, 5.74) is 6.24. The summed E-state index contributed by atoms with van der Waals surface area (Å²) in [6, 6.07) is 15.8. The van der Waals surface area contributed by atoms with Crippen LogP contribution in [0.4, 0.5) is 10.2 Å².